The van der Waals surface area contributed by atoms with Crippen molar-refractivity contribution in [3.63, 3.8) is 0 Å². The fraction of sp³-hybridized carbons (Fsp3) is 0.429. The first-order valence-electron chi connectivity index (χ1n) is 5.86. The quantitative estimate of drug-likeness (QED) is 0.782. The summed E-state index contributed by atoms with van der Waals surface area (Å²) >= 11 is 0. The fourth-order valence-corrected chi connectivity index (χ4v) is 1.79. The minimum absolute atomic E-state index is 0.258. The van der Waals surface area contributed by atoms with Gasteiger partial charge < -0.3 is 10.8 Å². The molecule has 0 aliphatic carbocycles. The minimum Gasteiger partial charge on any atom is -0.392 e. The van der Waals surface area contributed by atoms with E-state index in [0.717, 1.165) is 5.56 Å². The average Bonchev–Trinajstić information content (AvgIpc) is 2.24. The molecular formula is C14H19FN2O. The van der Waals surface area contributed by atoms with Crippen molar-refractivity contribution in [2.45, 2.75) is 19.6 Å². The SMILES string of the molecule is CC(O)CN(C)Cc1cc(F)cc(C#CCN)c1. The van der Waals surface area contributed by atoms with Crippen LogP contribution in [0.5, 0.6) is 0 Å². The molecule has 1 rings (SSSR count). The topological polar surface area (TPSA) is 49.5 Å². The Morgan fingerprint density at radius 2 is 2.17 bits per heavy atom. The third-order valence-electron chi connectivity index (χ3n) is 2.32. The lowest BCUT2D eigenvalue weighted by Gasteiger charge is -2.18. The van der Waals surface area contributed by atoms with E-state index in [9.17, 15) is 9.50 Å². The molecule has 3 nitrogen and oxygen atoms in total. The zero-order chi connectivity index (χ0) is 13.5. The van der Waals surface area contributed by atoms with Gasteiger partial charge in [0, 0.05) is 18.7 Å². The first-order chi connectivity index (χ1) is 8.51. The van der Waals surface area contributed by atoms with Crippen LogP contribution in [0, 0.1) is 17.7 Å². The first-order valence-corrected chi connectivity index (χ1v) is 5.86. The van der Waals surface area contributed by atoms with E-state index in [1.807, 2.05) is 18.0 Å². The number of likely N-dealkylation sites (N-methyl/N-ethyl adjacent to an activating group) is 1. The summed E-state index contributed by atoms with van der Waals surface area (Å²) in [5.41, 5.74) is 6.74. The zero-order valence-corrected chi connectivity index (χ0v) is 10.8. The van der Waals surface area contributed by atoms with Crippen molar-refractivity contribution in [3.05, 3.63) is 35.1 Å². The van der Waals surface area contributed by atoms with Gasteiger partial charge in [-0.3, -0.25) is 4.90 Å². The molecule has 0 heterocycles. The maximum atomic E-state index is 13.4. The van der Waals surface area contributed by atoms with Crippen molar-refractivity contribution >= 4 is 0 Å². The molecule has 4 heteroatoms. The zero-order valence-electron chi connectivity index (χ0n) is 10.8. The molecule has 0 fully saturated rings. The molecule has 18 heavy (non-hydrogen) atoms. The predicted octanol–water partition coefficient (Wildman–Crippen LogP) is 0.948. The monoisotopic (exact) mass is 250 g/mol. The Morgan fingerprint density at radius 1 is 1.44 bits per heavy atom. The Morgan fingerprint density at radius 3 is 2.78 bits per heavy atom. The standard InChI is InChI=1S/C14H19FN2O/c1-11(18)9-17(2)10-13-6-12(4-3-5-16)7-14(15)8-13/h6-8,11,18H,5,9-10,16H2,1-2H3. The van der Waals surface area contributed by atoms with Crippen LogP contribution in [0.15, 0.2) is 18.2 Å². The van der Waals surface area contributed by atoms with Crippen LogP contribution in [0.2, 0.25) is 0 Å². The van der Waals surface area contributed by atoms with Crippen molar-refractivity contribution in [3.8, 4) is 11.8 Å². The number of hydrogen-bond acceptors (Lipinski definition) is 3. The second-order valence-electron chi connectivity index (χ2n) is 4.40. The molecule has 0 saturated heterocycles. The van der Waals surface area contributed by atoms with Crippen LogP contribution in [-0.4, -0.2) is 36.2 Å². The van der Waals surface area contributed by atoms with Crippen LogP contribution >= 0.6 is 0 Å². The molecule has 98 valence electrons. The van der Waals surface area contributed by atoms with Gasteiger partial charge in [0.2, 0.25) is 0 Å². The van der Waals surface area contributed by atoms with E-state index in [2.05, 4.69) is 11.8 Å². The van der Waals surface area contributed by atoms with Gasteiger partial charge in [0.1, 0.15) is 5.82 Å². The van der Waals surface area contributed by atoms with E-state index in [-0.39, 0.29) is 12.4 Å². The van der Waals surface area contributed by atoms with Crippen LogP contribution in [0.25, 0.3) is 0 Å². The molecule has 0 aliphatic heterocycles. The second-order valence-corrected chi connectivity index (χ2v) is 4.40. The summed E-state index contributed by atoms with van der Waals surface area (Å²) in [6, 6.07) is 4.71. The molecule has 0 aliphatic rings. The molecule has 0 spiro atoms. The van der Waals surface area contributed by atoms with Gasteiger partial charge in [-0.2, -0.15) is 0 Å². The summed E-state index contributed by atoms with van der Waals surface area (Å²) in [6.45, 7) is 3.09. The number of aliphatic hydroxyl groups is 1. The number of aliphatic hydroxyl groups excluding tert-OH is 1. The number of halogens is 1. The highest BCUT2D eigenvalue weighted by Gasteiger charge is 2.06. The maximum Gasteiger partial charge on any atom is 0.124 e. The summed E-state index contributed by atoms with van der Waals surface area (Å²) in [5, 5.41) is 9.27. The Balaban J connectivity index is 2.79. The third kappa shape index (κ3) is 5.28. The molecule has 0 radical (unpaired) electrons. The lowest BCUT2D eigenvalue weighted by Crippen LogP contribution is -2.26. The predicted molar refractivity (Wildman–Crippen MR) is 70.3 cm³/mol. The summed E-state index contributed by atoms with van der Waals surface area (Å²) in [5.74, 6) is 5.21. The third-order valence-corrected chi connectivity index (χ3v) is 2.32. The van der Waals surface area contributed by atoms with Crippen molar-refractivity contribution in [1.29, 1.82) is 0 Å². The number of hydrogen-bond donors (Lipinski definition) is 2. The van der Waals surface area contributed by atoms with Crippen molar-refractivity contribution in [1.82, 2.24) is 4.90 Å². The largest absolute Gasteiger partial charge is 0.392 e. The van der Waals surface area contributed by atoms with Crippen LogP contribution in [-0.2, 0) is 6.54 Å². The van der Waals surface area contributed by atoms with Gasteiger partial charge >= 0.3 is 0 Å². The summed E-state index contributed by atoms with van der Waals surface area (Å²) < 4.78 is 13.4. The maximum absolute atomic E-state index is 13.4. The lowest BCUT2D eigenvalue weighted by molar-refractivity contribution is 0.138. The van der Waals surface area contributed by atoms with Crippen LogP contribution in [0.3, 0.4) is 0 Å². The van der Waals surface area contributed by atoms with Crippen LogP contribution in [0.1, 0.15) is 18.1 Å². The van der Waals surface area contributed by atoms with E-state index >= 15 is 0 Å². The fourth-order valence-electron chi connectivity index (χ4n) is 1.79. The van der Waals surface area contributed by atoms with Crippen molar-refractivity contribution in [2.24, 2.45) is 5.73 Å². The molecule has 0 aromatic heterocycles. The number of rotatable bonds is 4. The number of benzene rings is 1. The van der Waals surface area contributed by atoms with Gasteiger partial charge in [0.05, 0.1) is 12.6 Å². The second kappa shape index (κ2) is 7.12. The van der Waals surface area contributed by atoms with E-state index in [4.69, 9.17) is 5.73 Å². The molecule has 0 saturated carbocycles. The average molecular weight is 250 g/mol. The van der Waals surface area contributed by atoms with Crippen molar-refractivity contribution < 1.29 is 9.50 Å². The minimum atomic E-state index is -0.403. The molecule has 1 aromatic rings. The van der Waals surface area contributed by atoms with E-state index in [0.29, 0.717) is 18.7 Å². The highest BCUT2D eigenvalue weighted by Crippen LogP contribution is 2.10. The Bertz CT molecular complexity index is 449. The molecule has 1 aromatic carbocycles. The Hall–Kier alpha value is -1.41. The molecular weight excluding hydrogens is 231 g/mol. The molecule has 1 unspecified atom stereocenters. The van der Waals surface area contributed by atoms with Gasteiger partial charge in [-0.05, 0) is 37.7 Å². The van der Waals surface area contributed by atoms with E-state index in [1.54, 1.807) is 6.92 Å². The van der Waals surface area contributed by atoms with Gasteiger partial charge in [-0.15, -0.1) is 0 Å². The number of nitrogens with zero attached hydrogens (tertiary/aromatic N) is 1. The molecule has 0 bridgehead atoms. The lowest BCUT2D eigenvalue weighted by atomic mass is 10.1. The van der Waals surface area contributed by atoms with Gasteiger partial charge in [-0.1, -0.05) is 11.8 Å². The smallest absolute Gasteiger partial charge is 0.124 e. The summed E-state index contributed by atoms with van der Waals surface area (Å²) in [6.07, 6.45) is -0.403. The normalized spacial score (nSPS) is 12.1. The summed E-state index contributed by atoms with van der Waals surface area (Å²) in [4.78, 5) is 1.93. The van der Waals surface area contributed by atoms with Crippen LogP contribution < -0.4 is 5.73 Å². The van der Waals surface area contributed by atoms with Crippen LogP contribution in [0.4, 0.5) is 4.39 Å². The van der Waals surface area contributed by atoms with Gasteiger partial charge in [0.25, 0.3) is 0 Å². The van der Waals surface area contributed by atoms with Gasteiger partial charge in [-0.25, -0.2) is 4.39 Å². The molecule has 0 amide bonds. The molecule has 3 N–H and O–H groups in total. The summed E-state index contributed by atoms with van der Waals surface area (Å²) in [7, 11) is 1.88. The van der Waals surface area contributed by atoms with E-state index in [1.165, 1.54) is 12.1 Å². The highest BCUT2D eigenvalue weighted by atomic mass is 19.1. The van der Waals surface area contributed by atoms with E-state index < -0.39 is 6.10 Å². The van der Waals surface area contributed by atoms with Crippen molar-refractivity contribution in [2.75, 3.05) is 20.1 Å². The highest BCUT2D eigenvalue weighted by molar-refractivity contribution is 5.37. The number of nitrogens with two attached hydrogens (primary N) is 1. The Labute approximate surface area is 107 Å². The van der Waals surface area contributed by atoms with Gasteiger partial charge in [0.15, 0.2) is 0 Å². The Kier molecular flexibility index (Phi) is 5.79. The first kappa shape index (κ1) is 14.7. The molecule has 1 atom stereocenters.